The van der Waals surface area contributed by atoms with Crippen LogP contribution in [-0.4, -0.2) is 19.5 Å². The summed E-state index contributed by atoms with van der Waals surface area (Å²) in [5.74, 6) is 1.94. The molecule has 0 saturated heterocycles. The molecule has 12 aromatic rings. The van der Waals surface area contributed by atoms with Crippen LogP contribution >= 0.6 is 0 Å². The maximum atomic E-state index is 5.11. The van der Waals surface area contributed by atoms with Crippen molar-refractivity contribution in [2.45, 2.75) is 19.3 Å². The Bertz CT molecular complexity index is 3750. The molecule has 0 fully saturated rings. The zero-order valence-corrected chi connectivity index (χ0v) is 34.3. The maximum Gasteiger partial charge on any atom is 0.164 e. The van der Waals surface area contributed by atoms with Gasteiger partial charge in [0, 0.05) is 38.6 Å². The van der Waals surface area contributed by atoms with E-state index in [1.165, 1.54) is 81.6 Å². The van der Waals surface area contributed by atoms with Crippen LogP contribution in [0.5, 0.6) is 0 Å². The van der Waals surface area contributed by atoms with E-state index in [1.807, 2.05) is 36.4 Å². The second-order valence-corrected chi connectivity index (χ2v) is 17.2. The predicted octanol–water partition coefficient (Wildman–Crippen LogP) is 14.9. The minimum Gasteiger partial charge on any atom is -0.309 e. The van der Waals surface area contributed by atoms with Crippen LogP contribution in [0.25, 0.3) is 116 Å². The van der Waals surface area contributed by atoms with E-state index in [0.29, 0.717) is 17.5 Å². The van der Waals surface area contributed by atoms with Crippen molar-refractivity contribution < 1.29 is 0 Å². The number of benzene rings is 10. The van der Waals surface area contributed by atoms with Gasteiger partial charge in [-0.2, -0.15) is 0 Å². The zero-order valence-electron chi connectivity index (χ0n) is 34.3. The van der Waals surface area contributed by atoms with E-state index in [1.54, 1.807) is 0 Å². The topological polar surface area (TPSA) is 43.6 Å². The lowest BCUT2D eigenvalue weighted by Gasteiger charge is -2.23. The summed E-state index contributed by atoms with van der Waals surface area (Å²) in [6.45, 7) is 4.80. The van der Waals surface area contributed by atoms with Gasteiger partial charge in [0.1, 0.15) is 0 Å². The maximum absolute atomic E-state index is 5.11. The highest BCUT2D eigenvalue weighted by Crippen LogP contribution is 2.54. The Labute approximate surface area is 358 Å². The second-order valence-electron chi connectivity index (χ2n) is 17.2. The van der Waals surface area contributed by atoms with Crippen molar-refractivity contribution in [3.63, 3.8) is 0 Å². The quantitative estimate of drug-likeness (QED) is 0.167. The highest BCUT2D eigenvalue weighted by molar-refractivity contribution is 6.32. The van der Waals surface area contributed by atoms with Crippen LogP contribution in [0.4, 0.5) is 0 Å². The normalized spacial score (nSPS) is 13.1. The number of hydrogen-bond acceptors (Lipinski definition) is 3. The zero-order chi connectivity index (χ0) is 41.1. The largest absolute Gasteiger partial charge is 0.309 e. The summed E-state index contributed by atoms with van der Waals surface area (Å²) in [5, 5.41) is 12.8. The standard InChI is InChI=1S/C58H38N4/c1-58(2)50-33-49-45(42-25-15-14-24-41(42)44-29-26-35-16-12-13-23-40(35)54(44)49)31-46(50)47-32-48-43-28-27-38(30-52(43)62(53(48)34-51(47)58)39-21-10-5-11-22-39)57-60-55(36-17-6-3-7-18-36)59-56(61-57)37-19-8-4-9-20-37/h3-34H,1-2H3. The number of fused-ring (bicyclic) bond motifs is 14. The van der Waals surface area contributed by atoms with Gasteiger partial charge in [-0.25, -0.2) is 15.0 Å². The van der Waals surface area contributed by atoms with Gasteiger partial charge < -0.3 is 4.57 Å². The lowest BCUT2D eigenvalue weighted by Crippen LogP contribution is -2.15. The van der Waals surface area contributed by atoms with Crippen molar-refractivity contribution in [2.24, 2.45) is 0 Å². The lowest BCUT2D eigenvalue weighted by molar-refractivity contribution is 0.662. The summed E-state index contributed by atoms with van der Waals surface area (Å²) in [7, 11) is 0. The van der Waals surface area contributed by atoms with Gasteiger partial charge >= 0.3 is 0 Å². The molecule has 4 nitrogen and oxygen atoms in total. The molecule has 1 aliphatic carbocycles. The molecular formula is C58H38N4. The van der Waals surface area contributed by atoms with Gasteiger partial charge in [0.2, 0.25) is 0 Å². The van der Waals surface area contributed by atoms with Gasteiger partial charge in [-0.05, 0) is 108 Å². The molecule has 62 heavy (non-hydrogen) atoms. The van der Waals surface area contributed by atoms with Crippen LogP contribution in [0.1, 0.15) is 25.0 Å². The molecule has 2 aromatic heterocycles. The van der Waals surface area contributed by atoms with Gasteiger partial charge in [-0.15, -0.1) is 0 Å². The molecule has 13 rings (SSSR count). The third-order valence-electron chi connectivity index (χ3n) is 13.4. The molecule has 0 aliphatic heterocycles. The Hall–Kier alpha value is -7.95. The summed E-state index contributed by atoms with van der Waals surface area (Å²) in [4.78, 5) is 15.2. The summed E-state index contributed by atoms with van der Waals surface area (Å²) in [6, 6.07) is 70.1. The molecule has 0 N–H and O–H groups in total. The average molecular weight is 791 g/mol. The van der Waals surface area contributed by atoms with Crippen molar-refractivity contribution >= 4 is 64.9 Å². The molecule has 0 spiro atoms. The van der Waals surface area contributed by atoms with E-state index in [-0.39, 0.29) is 5.41 Å². The monoisotopic (exact) mass is 790 g/mol. The lowest BCUT2D eigenvalue weighted by atomic mass is 9.80. The molecule has 0 atom stereocenters. The first-order chi connectivity index (χ1) is 30.5. The van der Waals surface area contributed by atoms with Crippen molar-refractivity contribution in [1.82, 2.24) is 19.5 Å². The minimum absolute atomic E-state index is 0.245. The van der Waals surface area contributed by atoms with Crippen LogP contribution in [0.15, 0.2) is 194 Å². The molecule has 0 unspecified atom stereocenters. The van der Waals surface area contributed by atoms with E-state index < -0.39 is 0 Å². The van der Waals surface area contributed by atoms with E-state index in [9.17, 15) is 0 Å². The molecule has 0 amide bonds. The third kappa shape index (κ3) is 5.04. The average Bonchev–Trinajstić information content (AvgIpc) is 3.77. The Balaban J connectivity index is 1.07. The smallest absolute Gasteiger partial charge is 0.164 e. The van der Waals surface area contributed by atoms with Crippen LogP contribution < -0.4 is 0 Å². The molecule has 4 heteroatoms. The van der Waals surface area contributed by atoms with Crippen LogP contribution in [0.3, 0.4) is 0 Å². The summed E-state index contributed by atoms with van der Waals surface area (Å²) < 4.78 is 2.43. The van der Waals surface area contributed by atoms with E-state index in [2.05, 4.69) is 176 Å². The van der Waals surface area contributed by atoms with E-state index in [4.69, 9.17) is 15.0 Å². The molecule has 0 radical (unpaired) electrons. The molecule has 1 aliphatic rings. The SMILES string of the molecule is CC1(C)c2cc3c(cc2-c2cc4c5ccc(-c6nc(-c7ccccc7)nc(-c7ccccc7)n6)cc5n(-c5ccccc5)c4cc21)c1ccccc1c1ccc2ccccc2c13. The number of rotatable bonds is 4. The Morgan fingerprint density at radius 3 is 1.55 bits per heavy atom. The Morgan fingerprint density at radius 1 is 0.355 bits per heavy atom. The second kappa shape index (κ2) is 13.0. The summed E-state index contributed by atoms with van der Waals surface area (Å²) in [6.07, 6.45) is 0. The van der Waals surface area contributed by atoms with Gasteiger partial charge in [0.05, 0.1) is 11.0 Å². The molecule has 2 heterocycles. The van der Waals surface area contributed by atoms with Crippen molar-refractivity contribution in [3.05, 3.63) is 205 Å². The Kier molecular flexibility index (Phi) is 7.32. The van der Waals surface area contributed by atoms with Gasteiger partial charge in [-0.3, -0.25) is 0 Å². The van der Waals surface area contributed by atoms with Crippen LogP contribution in [0.2, 0.25) is 0 Å². The number of para-hydroxylation sites is 1. The molecule has 290 valence electrons. The highest BCUT2D eigenvalue weighted by atomic mass is 15.0. The fourth-order valence-electron chi connectivity index (χ4n) is 10.4. The molecule has 10 aromatic carbocycles. The highest BCUT2D eigenvalue weighted by Gasteiger charge is 2.37. The van der Waals surface area contributed by atoms with Crippen molar-refractivity contribution in [3.8, 4) is 51.0 Å². The van der Waals surface area contributed by atoms with Crippen LogP contribution in [0, 0.1) is 0 Å². The first-order valence-electron chi connectivity index (χ1n) is 21.4. The number of hydrogen-bond donors (Lipinski definition) is 0. The summed E-state index contributed by atoms with van der Waals surface area (Å²) in [5.41, 5.74) is 11.3. The van der Waals surface area contributed by atoms with Gasteiger partial charge in [0.25, 0.3) is 0 Å². The molecular weight excluding hydrogens is 753 g/mol. The van der Waals surface area contributed by atoms with Crippen molar-refractivity contribution in [2.75, 3.05) is 0 Å². The molecule has 0 bridgehead atoms. The fraction of sp³-hybridized carbons (Fsp3) is 0.0517. The minimum atomic E-state index is -0.245. The Morgan fingerprint density at radius 2 is 0.871 bits per heavy atom. The van der Waals surface area contributed by atoms with Crippen LogP contribution in [-0.2, 0) is 5.41 Å². The van der Waals surface area contributed by atoms with Crippen molar-refractivity contribution in [1.29, 1.82) is 0 Å². The van der Waals surface area contributed by atoms with E-state index >= 15 is 0 Å². The summed E-state index contributed by atoms with van der Waals surface area (Å²) >= 11 is 0. The first kappa shape index (κ1) is 34.9. The third-order valence-corrected chi connectivity index (χ3v) is 13.4. The van der Waals surface area contributed by atoms with Gasteiger partial charge in [-0.1, -0.05) is 166 Å². The first-order valence-corrected chi connectivity index (χ1v) is 21.4. The predicted molar refractivity (Wildman–Crippen MR) is 258 cm³/mol. The van der Waals surface area contributed by atoms with Gasteiger partial charge in [0.15, 0.2) is 17.5 Å². The number of nitrogens with zero attached hydrogens (tertiary/aromatic N) is 4. The number of aromatic nitrogens is 4. The molecule has 0 saturated carbocycles. The van der Waals surface area contributed by atoms with E-state index in [0.717, 1.165) is 27.9 Å². The fourth-order valence-corrected chi connectivity index (χ4v) is 10.4.